The molecular weight excluding hydrogens is 320 g/mol. The molecule has 0 aliphatic heterocycles. The normalized spacial score (nSPS) is 11.9. The number of rotatable bonds is 4. The van der Waals surface area contributed by atoms with E-state index in [4.69, 9.17) is 5.73 Å². The highest BCUT2D eigenvalue weighted by molar-refractivity contribution is 9.10. The first kappa shape index (κ1) is 14.6. The van der Waals surface area contributed by atoms with Gasteiger partial charge in [-0.3, -0.25) is 4.79 Å². The molecule has 0 aliphatic rings. The summed E-state index contributed by atoms with van der Waals surface area (Å²) in [6.45, 7) is 0. The van der Waals surface area contributed by atoms with Crippen molar-refractivity contribution >= 4 is 27.5 Å². The monoisotopic (exact) mass is 334 g/mol. The second kappa shape index (κ2) is 6.54. The number of carbonyl (C=O) groups excluding carboxylic acids is 1. The van der Waals surface area contributed by atoms with Gasteiger partial charge in [-0.25, -0.2) is 0 Å². The molecule has 0 saturated heterocycles. The summed E-state index contributed by atoms with van der Waals surface area (Å²) in [7, 11) is 0. The minimum absolute atomic E-state index is 0.196. The second-order valence-corrected chi connectivity index (χ2v) is 5.39. The predicted octanol–water partition coefficient (Wildman–Crippen LogP) is 2.66. The zero-order valence-electron chi connectivity index (χ0n) is 10.7. The van der Waals surface area contributed by atoms with E-state index in [9.17, 15) is 9.90 Å². The molecule has 0 aliphatic carbocycles. The van der Waals surface area contributed by atoms with Gasteiger partial charge in [0.05, 0.1) is 6.04 Å². The number of nitrogens with one attached hydrogen (secondary N) is 1. The van der Waals surface area contributed by atoms with Crippen molar-refractivity contribution in [1.29, 1.82) is 0 Å². The van der Waals surface area contributed by atoms with Gasteiger partial charge >= 0.3 is 0 Å². The van der Waals surface area contributed by atoms with Crippen LogP contribution in [0.4, 0.5) is 5.69 Å². The Balaban J connectivity index is 1.94. The molecule has 1 atom stereocenters. The number of aromatic hydroxyl groups is 1. The molecule has 0 unspecified atom stereocenters. The van der Waals surface area contributed by atoms with Crippen molar-refractivity contribution in [2.24, 2.45) is 5.73 Å². The van der Waals surface area contributed by atoms with Crippen LogP contribution in [0.1, 0.15) is 5.56 Å². The zero-order valence-corrected chi connectivity index (χ0v) is 12.3. The number of halogens is 1. The van der Waals surface area contributed by atoms with E-state index in [1.165, 1.54) is 0 Å². The van der Waals surface area contributed by atoms with Gasteiger partial charge in [0.1, 0.15) is 5.75 Å². The predicted molar refractivity (Wildman–Crippen MR) is 82.6 cm³/mol. The molecule has 0 spiro atoms. The Bertz CT molecular complexity index is 582. The zero-order chi connectivity index (χ0) is 14.5. The number of benzene rings is 2. The molecule has 2 rings (SSSR count). The van der Waals surface area contributed by atoms with Crippen molar-refractivity contribution in [3.8, 4) is 5.75 Å². The summed E-state index contributed by atoms with van der Waals surface area (Å²) in [5.74, 6) is -0.0398. The average molecular weight is 335 g/mol. The van der Waals surface area contributed by atoms with Crippen molar-refractivity contribution < 1.29 is 9.90 Å². The van der Waals surface area contributed by atoms with E-state index in [0.29, 0.717) is 12.1 Å². The highest BCUT2D eigenvalue weighted by Crippen LogP contribution is 2.15. The van der Waals surface area contributed by atoms with Gasteiger partial charge in [0, 0.05) is 10.2 Å². The van der Waals surface area contributed by atoms with Crippen LogP contribution in [-0.2, 0) is 11.2 Å². The molecule has 0 radical (unpaired) electrons. The topological polar surface area (TPSA) is 75.3 Å². The maximum atomic E-state index is 12.0. The number of phenolic OH excluding ortho intramolecular Hbond substituents is 1. The van der Waals surface area contributed by atoms with E-state index in [-0.39, 0.29) is 11.7 Å². The minimum atomic E-state index is -0.636. The lowest BCUT2D eigenvalue weighted by Gasteiger charge is -2.12. The Hall–Kier alpha value is -1.85. The van der Waals surface area contributed by atoms with Gasteiger partial charge in [0.25, 0.3) is 0 Å². The molecule has 2 aromatic carbocycles. The smallest absolute Gasteiger partial charge is 0.241 e. The summed E-state index contributed by atoms with van der Waals surface area (Å²) in [5.41, 5.74) is 7.49. The molecule has 0 aromatic heterocycles. The van der Waals surface area contributed by atoms with Crippen LogP contribution in [-0.4, -0.2) is 17.1 Å². The quantitative estimate of drug-likeness (QED) is 0.804. The molecule has 2 aromatic rings. The lowest BCUT2D eigenvalue weighted by molar-refractivity contribution is -0.117. The standard InChI is InChI=1S/C15H15BrN2O2/c16-11-3-5-12(6-4-11)18-15(20)14(17)9-10-1-7-13(19)8-2-10/h1-8,14,19H,9,17H2,(H,18,20)/t14-/m0/s1. The van der Waals surface area contributed by atoms with Crippen molar-refractivity contribution in [3.63, 3.8) is 0 Å². The maximum absolute atomic E-state index is 12.0. The van der Waals surface area contributed by atoms with Crippen LogP contribution in [0.15, 0.2) is 53.0 Å². The molecular formula is C15H15BrN2O2. The van der Waals surface area contributed by atoms with Gasteiger partial charge in [-0.1, -0.05) is 28.1 Å². The minimum Gasteiger partial charge on any atom is -0.508 e. The average Bonchev–Trinajstić information content (AvgIpc) is 2.44. The van der Waals surface area contributed by atoms with Crippen LogP contribution in [0, 0.1) is 0 Å². The third kappa shape index (κ3) is 4.08. The van der Waals surface area contributed by atoms with Gasteiger partial charge < -0.3 is 16.2 Å². The van der Waals surface area contributed by atoms with E-state index < -0.39 is 6.04 Å². The fourth-order valence-electron chi connectivity index (χ4n) is 1.75. The van der Waals surface area contributed by atoms with Crippen LogP contribution in [0.5, 0.6) is 5.75 Å². The summed E-state index contributed by atoms with van der Waals surface area (Å²) in [6.07, 6.45) is 0.419. The highest BCUT2D eigenvalue weighted by Gasteiger charge is 2.14. The molecule has 0 fully saturated rings. The van der Waals surface area contributed by atoms with Crippen molar-refractivity contribution in [2.45, 2.75) is 12.5 Å². The molecule has 5 heteroatoms. The summed E-state index contributed by atoms with van der Waals surface area (Å²) in [6, 6.07) is 13.3. The Labute approximate surface area is 125 Å². The van der Waals surface area contributed by atoms with Crippen LogP contribution in [0.2, 0.25) is 0 Å². The molecule has 1 amide bonds. The molecule has 104 valence electrons. The van der Waals surface area contributed by atoms with Gasteiger partial charge in [-0.05, 0) is 48.4 Å². The Morgan fingerprint density at radius 1 is 1.15 bits per heavy atom. The molecule has 4 nitrogen and oxygen atoms in total. The summed E-state index contributed by atoms with van der Waals surface area (Å²) in [5, 5.41) is 12.0. The fourth-order valence-corrected chi connectivity index (χ4v) is 2.01. The number of hydrogen-bond donors (Lipinski definition) is 3. The van der Waals surface area contributed by atoms with Crippen molar-refractivity contribution in [3.05, 3.63) is 58.6 Å². The number of carbonyl (C=O) groups is 1. The number of phenols is 1. The largest absolute Gasteiger partial charge is 0.508 e. The molecule has 20 heavy (non-hydrogen) atoms. The van der Waals surface area contributed by atoms with Crippen molar-refractivity contribution in [1.82, 2.24) is 0 Å². The fraction of sp³-hybridized carbons (Fsp3) is 0.133. The summed E-state index contributed by atoms with van der Waals surface area (Å²) in [4.78, 5) is 12.0. The Kier molecular flexibility index (Phi) is 4.76. The first-order chi connectivity index (χ1) is 9.54. The van der Waals surface area contributed by atoms with Gasteiger partial charge in [-0.2, -0.15) is 0 Å². The molecule has 0 saturated carbocycles. The first-order valence-corrected chi connectivity index (χ1v) is 6.94. The van der Waals surface area contributed by atoms with E-state index in [2.05, 4.69) is 21.2 Å². The lowest BCUT2D eigenvalue weighted by atomic mass is 10.1. The van der Waals surface area contributed by atoms with E-state index in [0.717, 1.165) is 10.0 Å². The Morgan fingerprint density at radius 3 is 2.35 bits per heavy atom. The van der Waals surface area contributed by atoms with E-state index in [1.54, 1.807) is 36.4 Å². The lowest BCUT2D eigenvalue weighted by Crippen LogP contribution is -2.37. The maximum Gasteiger partial charge on any atom is 0.241 e. The number of anilines is 1. The number of amides is 1. The summed E-state index contributed by atoms with van der Waals surface area (Å²) >= 11 is 3.33. The van der Waals surface area contributed by atoms with Crippen molar-refractivity contribution in [2.75, 3.05) is 5.32 Å². The molecule has 4 N–H and O–H groups in total. The highest BCUT2D eigenvalue weighted by atomic mass is 79.9. The second-order valence-electron chi connectivity index (χ2n) is 4.47. The Morgan fingerprint density at radius 2 is 1.75 bits per heavy atom. The van der Waals surface area contributed by atoms with Crippen LogP contribution >= 0.6 is 15.9 Å². The first-order valence-electron chi connectivity index (χ1n) is 6.14. The number of hydrogen-bond acceptors (Lipinski definition) is 3. The summed E-state index contributed by atoms with van der Waals surface area (Å²) < 4.78 is 0.948. The van der Waals surface area contributed by atoms with Crippen LogP contribution in [0.25, 0.3) is 0 Å². The van der Waals surface area contributed by atoms with Crippen LogP contribution in [0.3, 0.4) is 0 Å². The van der Waals surface area contributed by atoms with E-state index in [1.807, 2.05) is 12.1 Å². The third-order valence-corrected chi connectivity index (χ3v) is 3.37. The number of nitrogens with two attached hydrogens (primary N) is 1. The molecule has 0 bridgehead atoms. The van der Waals surface area contributed by atoms with Gasteiger partial charge in [-0.15, -0.1) is 0 Å². The molecule has 0 heterocycles. The van der Waals surface area contributed by atoms with Crippen LogP contribution < -0.4 is 11.1 Å². The van der Waals surface area contributed by atoms with Gasteiger partial charge in [0.15, 0.2) is 0 Å². The SMILES string of the molecule is N[C@@H](Cc1ccc(O)cc1)C(=O)Nc1ccc(Br)cc1. The third-order valence-electron chi connectivity index (χ3n) is 2.84. The van der Waals surface area contributed by atoms with E-state index >= 15 is 0 Å². The van der Waals surface area contributed by atoms with Gasteiger partial charge in [0.2, 0.25) is 5.91 Å².